The summed E-state index contributed by atoms with van der Waals surface area (Å²) in [6.07, 6.45) is 5.44. The van der Waals surface area contributed by atoms with Crippen LogP contribution < -0.4 is 10.3 Å². The van der Waals surface area contributed by atoms with Crippen molar-refractivity contribution < 1.29 is 8.85 Å². The number of benzene rings is 2. The molecule has 8 heteroatoms. The first kappa shape index (κ1) is 21.7. The van der Waals surface area contributed by atoms with Crippen molar-refractivity contribution in [2.75, 3.05) is 26.7 Å². The second-order valence-corrected chi connectivity index (χ2v) is 9.52. The second kappa shape index (κ2) is 11.4. The van der Waals surface area contributed by atoms with Crippen LogP contribution in [-0.4, -0.2) is 51.4 Å². The summed E-state index contributed by atoms with van der Waals surface area (Å²) in [7, 11) is 2.13. The lowest BCUT2D eigenvalue weighted by Gasteiger charge is -2.28. The number of aromatic nitrogens is 4. The van der Waals surface area contributed by atoms with Crippen molar-refractivity contribution in [3.63, 3.8) is 0 Å². The van der Waals surface area contributed by atoms with Crippen molar-refractivity contribution >= 4 is 0 Å². The maximum Gasteiger partial charge on any atom is 0.267 e. The Hall–Kier alpha value is -4.35. The number of hydrogen-bond donors (Lipinski definition) is 0. The number of nitrogens with zero attached hydrogens (tertiary/aromatic N) is 6. The minimum atomic E-state index is -2.59. The second-order valence-electron chi connectivity index (χ2n) is 9.52. The molecule has 0 bridgehead atoms. The fraction of sp³-hybridized carbons (Fsp3) is 0.300. The summed E-state index contributed by atoms with van der Waals surface area (Å²) in [4.78, 5) is 24.1. The molecule has 5 rings (SSSR count). The van der Waals surface area contributed by atoms with Crippen LogP contribution in [0.1, 0.15) is 41.0 Å². The van der Waals surface area contributed by atoms with E-state index in [1.165, 1.54) is 12.1 Å². The number of ether oxygens (including phenoxy) is 1. The minimum absolute atomic E-state index is 0.367. The van der Waals surface area contributed by atoms with Gasteiger partial charge in [0.1, 0.15) is 0 Å². The highest BCUT2D eigenvalue weighted by molar-refractivity contribution is 5.61. The van der Waals surface area contributed by atoms with Crippen molar-refractivity contribution in [3.05, 3.63) is 94.5 Å². The molecule has 3 heterocycles. The van der Waals surface area contributed by atoms with Crippen LogP contribution in [0.3, 0.4) is 0 Å². The average molecular weight is 510 g/mol. The molecule has 0 amide bonds. The normalized spacial score (nSPS) is 16.6. The molecule has 0 N–H and O–H groups in total. The van der Waals surface area contributed by atoms with Gasteiger partial charge in [0.2, 0.25) is 0 Å². The number of piperidine rings is 1. The highest BCUT2D eigenvalue weighted by atomic mass is 16.5. The standard InChI is InChI=1S/C30H30N6O2/c1-21(36-29(37)10-9-28(34-36)25-7-3-5-23(15-25)17-31)24-6-4-8-26(16-24)30-32-18-27(19-33-30)38-20-22-11-13-35(2)14-12-22/h3-10,15-16,18-19,21-22H,11-14,20H2,1-2H3/t21-/m0/s1/i1D3. The third-order valence-electron chi connectivity index (χ3n) is 6.77. The molecular weight excluding hydrogens is 476 g/mol. The van der Waals surface area contributed by atoms with Gasteiger partial charge in [-0.25, -0.2) is 14.6 Å². The lowest BCUT2D eigenvalue weighted by atomic mass is 9.98. The van der Waals surface area contributed by atoms with E-state index >= 15 is 0 Å². The molecule has 0 spiro atoms. The molecule has 4 aromatic rings. The van der Waals surface area contributed by atoms with Gasteiger partial charge in [0.25, 0.3) is 5.56 Å². The first-order valence-corrected chi connectivity index (χ1v) is 12.6. The monoisotopic (exact) mass is 509 g/mol. The van der Waals surface area contributed by atoms with Gasteiger partial charge in [-0.15, -0.1) is 0 Å². The van der Waals surface area contributed by atoms with Gasteiger partial charge >= 0.3 is 0 Å². The van der Waals surface area contributed by atoms with Gasteiger partial charge in [0.05, 0.1) is 42.4 Å². The smallest absolute Gasteiger partial charge is 0.267 e. The molecule has 0 radical (unpaired) electrons. The van der Waals surface area contributed by atoms with E-state index in [4.69, 9.17) is 8.85 Å². The van der Waals surface area contributed by atoms with Crippen LogP contribution in [0.5, 0.6) is 5.75 Å². The number of nitriles is 1. The van der Waals surface area contributed by atoms with Gasteiger partial charge in [-0.05, 0) is 75.6 Å². The molecule has 192 valence electrons. The van der Waals surface area contributed by atoms with E-state index in [2.05, 4.69) is 33.1 Å². The van der Waals surface area contributed by atoms with E-state index in [0.29, 0.717) is 52.0 Å². The van der Waals surface area contributed by atoms with Crippen LogP contribution in [0.15, 0.2) is 77.9 Å². The maximum absolute atomic E-state index is 12.9. The molecular formula is C30H30N6O2. The molecule has 2 aromatic carbocycles. The fourth-order valence-electron chi connectivity index (χ4n) is 4.48. The van der Waals surface area contributed by atoms with Crippen molar-refractivity contribution in [1.29, 1.82) is 5.26 Å². The zero-order valence-corrected chi connectivity index (χ0v) is 21.1. The Labute approximate surface area is 226 Å². The van der Waals surface area contributed by atoms with E-state index in [9.17, 15) is 10.1 Å². The Bertz CT molecular complexity index is 1610. The third-order valence-corrected chi connectivity index (χ3v) is 6.77. The van der Waals surface area contributed by atoms with Crippen LogP contribution in [0, 0.1) is 17.2 Å². The fourth-order valence-corrected chi connectivity index (χ4v) is 4.48. The Morgan fingerprint density at radius 3 is 2.61 bits per heavy atom. The molecule has 0 unspecified atom stereocenters. The first-order valence-electron chi connectivity index (χ1n) is 14.1. The molecule has 0 saturated carbocycles. The predicted octanol–water partition coefficient (Wildman–Crippen LogP) is 4.57. The lowest BCUT2D eigenvalue weighted by Crippen LogP contribution is -2.32. The molecule has 38 heavy (non-hydrogen) atoms. The van der Waals surface area contributed by atoms with Gasteiger partial charge in [-0.3, -0.25) is 4.79 Å². The van der Waals surface area contributed by atoms with Gasteiger partial charge in [-0.2, -0.15) is 10.4 Å². The largest absolute Gasteiger partial charge is 0.490 e. The molecule has 1 atom stereocenters. The van der Waals surface area contributed by atoms with Gasteiger partial charge < -0.3 is 9.64 Å². The number of rotatable bonds is 7. The Morgan fingerprint density at radius 2 is 1.84 bits per heavy atom. The van der Waals surface area contributed by atoms with Gasteiger partial charge in [-0.1, -0.05) is 30.3 Å². The first-order chi connectivity index (χ1) is 19.7. The summed E-state index contributed by atoms with van der Waals surface area (Å²) < 4.78 is 31.8. The van der Waals surface area contributed by atoms with Crippen molar-refractivity contribution in [1.82, 2.24) is 24.6 Å². The third kappa shape index (κ3) is 5.79. The summed E-state index contributed by atoms with van der Waals surface area (Å²) in [6, 6.07) is 17.1. The highest BCUT2D eigenvalue weighted by Gasteiger charge is 2.18. The average Bonchev–Trinajstić information content (AvgIpc) is 2.98. The van der Waals surface area contributed by atoms with E-state index < -0.39 is 18.5 Å². The summed E-state index contributed by atoms with van der Waals surface area (Å²) in [5.41, 5.74) is 1.82. The molecule has 2 aromatic heterocycles. The summed E-state index contributed by atoms with van der Waals surface area (Å²) in [6.45, 7) is 0.164. The minimum Gasteiger partial charge on any atom is -0.490 e. The van der Waals surface area contributed by atoms with Crippen molar-refractivity contribution in [3.8, 4) is 34.5 Å². The quantitative estimate of drug-likeness (QED) is 0.360. The van der Waals surface area contributed by atoms with Gasteiger partial charge in [0.15, 0.2) is 11.6 Å². The SMILES string of the molecule is [2H]C([2H])([2H])[C@@H](c1cccc(-c2ncc(OCC3CCN(C)CC3)cn2)c1)n1nc(-c2cccc(C#N)c2)ccc1=O. The molecule has 1 fully saturated rings. The Kier molecular flexibility index (Phi) is 6.49. The summed E-state index contributed by atoms with van der Waals surface area (Å²) in [5.74, 6) is 1.49. The van der Waals surface area contributed by atoms with E-state index in [-0.39, 0.29) is 0 Å². The molecule has 1 aliphatic rings. The van der Waals surface area contributed by atoms with E-state index in [0.717, 1.165) is 30.6 Å². The number of likely N-dealkylation sites (tertiary alicyclic amines) is 1. The number of hydrogen-bond acceptors (Lipinski definition) is 7. The van der Waals surface area contributed by atoms with Crippen LogP contribution in [0.25, 0.3) is 22.6 Å². The Morgan fingerprint density at radius 1 is 1.08 bits per heavy atom. The van der Waals surface area contributed by atoms with Crippen LogP contribution in [0.2, 0.25) is 0 Å². The molecule has 0 aliphatic carbocycles. The van der Waals surface area contributed by atoms with E-state index in [1.807, 2.05) is 0 Å². The lowest BCUT2D eigenvalue weighted by molar-refractivity contribution is 0.159. The van der Waals surface area contributed by atoms with Crippen molar-refractivity contribution in [2.24, 2.45) is 5.92 Å². The maximum atomic E-state index is 12.9. The zero-order chi connectivity index (χ0) is 29.0. The van der Waals surface area contributed by atoms with Crippen LogP contribution in [-0.2, 0) is 0 Å². The van der Waals surface area contributed by atoms with Gasteiger partial charge in [0, 0.05) is 21.3 Å². The Balaban J connectivity index is 1.41. The van der Waals surface area contributed by atoms with E-state index in [1.54, 1.807) is 60.9 Å². The topological polar surface area (TPSA) is 96.9 Å². The molecule has 8 nitrogen and oxygen atoms in total. The molecule has 1 aliphatic heterocycles. The summed E-state index contributed by atoms with van der Waals surface area (Å²) >= 11 is 0. The predicted molar refractivity (Wildman–Crippen MR) is 146 cm³/mol. The summed E-state index contributed by atoms with van der Waals surface area (Å²) in [5, 5.41) is 13.7. The zero-order valence-electron chi connectivity index (χ0n) is 24.1. The van der Waals surface area contributed by atoms with Crippen molar-refractivity contribution in [2.45, 2.75) is 25.7 Å². The highest BCUT2D eigenvalue weighted by Crippen LogP contribution is 2.24. The van der Waals surface area contributed by atoms with Crippen LogP contribution in [0.4, 0.5) is 0 Å². The van der Waals surface area contributed by atoms with Crippen LogP contribution >= 0.6 is 0 Å². The molecule has 1 saturated heterocycles.